The fourth-order valence-electron chi connectivity index (χ4n) is 2.90. The molecule has 0 radical (unpaired) electrons. The van der Waals surface area contributed by atoms with Gasteiger partial charge in [-0.15, -0.1) is 11.3 Å². The maximum absolute atomic E-state index is 10.7. The van der Waals surface area contributed by atoms with Crippen LogP contribution in [0, 0.1) is 0 Å². The fraction of sp³-hybridized carbons (Fsp3) is 0.375. The molecule has 2 unspecified atom stereocenters. The molecule has 0 fully saturated rings. The van der Waals surface area contributed by atoms with Crippen LogP contribution in [0.2, 0.25) is 5.02 Å². The number of halogens is 1. The van der Waals surface area contributed by atoms with Gasteiger partial charge in [-0.3, -0.25) is 0 Å². The highest BCUT2D eigenvalue weighted by atomic mass is 35.5. The van der Waals surface area contributed by atoms with Gasteiger partial charge in [-0.1, -0.05) is 29.8 Å². The van der Waals surface area contributed by atoms with Crippen molar-refractivity contribution in [2.45, 2.75) is 31.3 Å². The molecule has 2 nitrogen and oxygen atoms in total. The second-order valence-corrected chi connectivity index (χ2v) is 6.83. The number of aryl methyl sites for hydroxylation is 2. The first kappa shape index (κ1) is 14.1. The van der Waals surface area contributed by atoms with Crippen molar-refractivity contribution in [3.05, 3.63) is 56.2 Å². The molecule has 0 spiro atoms. The smallest absolute Gasteiger partial charge is 0.0963 e. The Morgan fingerprint density at radius 3 is 2.80 bits per heavy atom. The van der Waals surface area contributed by atoms with E-state index in [4.69, 9.17) is 17.3 Å². The van der Waals surface area contributed by atoms with Crippen molar-refractivity contribution in [1.82, 2.24) is 0 Å². The summed E-state index contributed by atoms with van der Waals surface area (Å²) in [6.45, 7) is 0.382. The van der Waals surface area contributed by atoms with Gasteiger partial charge in [-0.2, -0.15) is 0 Å². The van der Waals surface area contributed by atoms with Crippen LogP contribution in [-0.2, 0) is 12.8 Å². The molecule has 2 atom stereocenters. The Kier molecular flexibility index (Phi) is 4.13. The Labute approximate surface area is 128 Å². The third kappa shape index (κ3) is 2.51. The Morgan fingerprint density at radius 1 is 1.30 bits per heavy atom. The minimum atomic E-state index is -0.574. The molecular weight excluding hydrogens is 290 g/mol. The summed E-state index contributed by atoms with van der Waals surface area (Å²) in [7, 11) is 0. The lowest BCUT2D eigenvalue weighted by Crippen LogP contribution is -2.20. The molecule has 1 aromatic carbocycles. The van der Waals surface area contributed by atoms with Gasteiger partial charge in [0.05, 0.1) is 6.10 Å². The number of hydrogen-bond acceptors (Lipinski definition) is 3. The molecule has 0 amide bonds. The Hall–Kier alpha value is -0.870. The normalized spacial score (nSPS) is 16.9. The number of rotatable bonds is 4. The maximum atomic E-state index is 10.7. The lowest BCUT2D eigenvalue weighted by Gasteiger charge is -2.22. The summed E-state index contributed by atoms with van der Waals surface area (Å²) in [4.78, 5) is 2.44. The number of nitrogens with two attached hydrogens (primary N) is 1. The van der Waals surface area contributed by atoms with Gasteiger partial charge in [0.15, 0.2) is 0 Å². The molecule has 1 aliphatic rings. The van der Waals surface area contributed by atoms with Crippen LogP contribution in [0.25, 0.3) is 0 Å². The minimum absolute atomic E-state index is 0.150. The van der Waals surface area contributed by atoms with E-state index in [1.54, 1.807) is 11.3 Å². The summed E-state index contributed by atoms with van der Waals surface area (Å²) >= 11 is 7.97. The molecule has 1 heterocycles. The summed E-state index contributed by atoms with van der Waals surface area (Å²) in [6.07, 6.45) is 2.95. The molecule has 1 aliphatic carbocycles. The van der Waals surface area contributed by atoms with Gasteiger partial charge in [-0.25, -0.2) is 0 Å². The van der Waals surface area contributed by atoms with Crippen LogP contribution in [0.4, 0.5) is 0 Å². The molecule has 3 N–H and O–H groups in total. The van der Waals surface area contributed by atoms with Crippen LogP contribution in [-0.4, -0.2) is 11.7 Å². The maximum Gasteiger partial charge on any atom is 0.0963 e. The number of aliphatic hydroxyl groups is 1. The van der Waals surface area contributed by atoms with Crippen molar-refractivity contribution in [3.63, 3.8) is 0 Å². The zero-order chi connectivity index (χ0) is 14.1. The second-order valence-electron chi connectivity index (χ2n) is 5.26. The molecular formula is C16H18ClNOS. The molecule has 0 bridgehead atoms. The van der Waals surface area contributed by atoms with Crippen LogP contribution >= 0.6 is 22.9 Å². The first-order valence-electron chi connectivity index (χ1n) is 6.94. The standard InChI is InChI=1S/C16H18ClNOS/c17-13-6-2-1-5-11(13)12(9-18)16(19)15-8-10-4-3-7-14(10)20-15/h1-2,5-6,8,12,16,19H,3-4,7,9,18H2. The lowest BCUT2D eigenvalue weighted by molar-refractivity contribution is 0.151. The topological polar surface area (TPSA) is 46.2 Å². The largest absolute Gasteiger partial charge is 0.387 e. The summed E-state index contributed by atoms with van der Waals surface area (Å²) in [5.74, 6) is -0.150. The summed E-state index contributed by atoms with van der Waals surface area (Å²) in [6, 6.07) is 9.78. The van der Waals surface area contributed by atoms with Gasteiger partial charge in [0.25, 0.3) is 0 Å². The molecule has 3 rings (SSSR count). The van der Waals surface area contributed by atoms with E-state index < -0.39 is 6.10 Å². The highest BCUT2D eigenvalue weighted by molar-refractivity contribution is 7.12. The lowest BCUT2D eigenvalue weighted by atomic mass is 9.92. The predicted octanol–water partition coefficient (Wildman–Crippen LogP) is 3.67. The predicted molar refractivity (Wildman–Crippen MR) is 84.6 cm³/mol. The van der Waals surface area contributed by atoms with E-state index in [2.05, 4.69) is 6.07 Å². The van der Waals surface area contributed by atoms with Crippen LogP contribution in [0.5, 0.6) is 0 Å². The first-order chi connectivity index (χ1) is 9.70. The van der Waals surface area contributed by atoms with Crippen LogP contribution in [0.1, 0.15) is 39.3 Å². The highest BCUT2D eigenvalue weighted by Gasteiger charge is 2.26. The van der Waals surface area contributed by atoms with Crippen molar-refractivity contribution in [3.8, 4) is 0 Å². The quantitative estimate of drug-likeness (QED) is 0.905. The third-order valence-electron chi connectivity index (χ3n) is 4.00. The summed E-state index contributed by atoms with van der Waals surface area (Å²) in [5.41, 5.74) is 8.22. The van der Waals surface area contributed by atoms with Crippen LogP contribution in [0.3, 0.4) is 0 Å². The monoisotopic (exact) mass is 307 g/mol. The van der Waals surface area contributed by atoms with Crippen molar-refractivity contribution in [1.29, 1.82) is 0 Å². The van der Waals surface area contributed by atoms with E-state index in [0.29, 0.717) is 11.6 Å². The minimum Gasteiger partial charge on any atom is -0.387 e. The number of benzene rings is 1. The van der Waals surface area contributed by atoms with Gasteiger partial charge >= 0.3 is 0 Å². The number of aliphatic hydroxyl groups excluding tert-OH is 1. The fourth-order valence-corrected chi connectivity index (χ4v) is 4.48. The zero-order valence-electron chi connectivity index (χ0n) is 11.2. The van der Waals surface area contributed by atoms with Crippen LogP contribution < -0.4 is 5.73 Å². The molecule has 0 aliphatic heterocycles. The van der Waals surface area contributed by atoms with E-state index >= 15 is 0 Å². The molecule has 4 heteroatoms. The van der Waals surface area contributed by atoms with Crippen LogP contribution in [0.15, 0.2) is 30.3 Å². The SMILES string of the molecule is NCC(c1ccccc1Cl)C(O)c1cc2c(s1)CCC2. The Bertz CT molecular complexity index is 589. The average Bonchev–Trinajstić information content (AvgIpc) is 3.02. The van der Waals surface area contributed by atoms with Crippen molar-refractivity contribution in [2.75, 3.05) is 6.54 Å². The molecule has 2 aromatic rings. The van der Waals surface area contributed by atoms with Gasteiger partial charge in [0.2, 0.25) is 0 Å². The summed E-state index contributed by atoms with van der Waals surface area (Å²) < 4.78 is 0. The van der Waals surface area contributed by atoms with E-state index in [0.717, 1.165) is 23.3 Å². The summed E-state index contributed by atoms with van der Waals surface area (Å²) in [5, 5.41) is 11.4. The first-order valence-corrected chi connectivity index (χ1v) is 8.14. The van der Waals surface area contributed by atoms with E-state index in [1.807, 2.05) is 24.3 Å². The molecule has 0 saturated heterocycles. The second kappa shape index (κ2) is 5.86. The van der Waals surface area contributed by atoms with Gasteiger partial charge in [-0.05, 0) is 42.5 Å². The van der Waals surface area contributed by atoms with E-state index in [9.17, 15) is 5.11 Å². The van der Waals surface area contributed by atoms with Crippen molar-refractivity contribution >= 4 is 22.9 Å². The van der Waals surface area contributed by atoms with Gasteiger partial charge < -0.3 is 10.8 Å². The van der Waals surface area contributed by atoms with E-state index in [1.165, 1.54) is 16.9 Å². The molecule has 1 aromatic heterocycles. The van der Waals surface area contributed by atoms with Gasteiger partial charge in [0, 0.05) is 27.2 Å². The highest BCUT2D eigenvalue weighted by Crippen LogP contribution is 2.40. The molecule has 20 heavy (non-hydrogen) atoms. The van der Waals surface area contributed by atoms with Gasteiger partial charge in [0.1, 0.15) is 0 Å². The number of fused-ring (bicyclic) bond motifs is 1. The third-order valence-corrected chi connectivity index (χ3v) is 5.65. The van der Waals surface area contributed by atoms with Crippen molar-refractivity contribution in [2.24, 2.45) is 5.73 Å². The molecule has 106 valence electrons. The van der Waals surface area contributed by atoms with Crippen molar-refractivity contribution < 1.29 is 5.11 Å². The zero-order valence-corrected chi connectivity index (χ0v) is 12.8. The Morgan fingerprint density at radius 2 is 2.10 bits per heavy atom. The number of thiophene rings is 1. The van der Waals surface area contributed by atoms with E-state index in [-0.39, 0.29) is 5.92 Å². The average molecular weight is 308 g/mol. The Balaban J connectivity index is 1.90. The number of hydrogen-bond donors (Lipinski definition) is 2. The molecule has 0 saturated carbocycles.